The molecule has 4 rings (SSSR count). The third-order valence-electron chi connectivity index (χ3n) is 4.56. The van der Waals surface area contributed by atoms with Crippen molar-refractivity contribution >= 4 is 17.2 Å². The highest BCUT2D eigenvalue weighted by Gasteiger charge is 2.32. The van der Waals surface area contributed by atoms with E-state index in [0.29, 0.717) is 18.6 Å². The van der Waals surface area contributed by atoms with Crippen molar-refractivity contribution in [3.05, 3.63) is 34.5 Å². The van der Waals surface area contributed by atoms with Crippen molar-refractivity contribution in [1.82, 2.24) is 25.0 Å². The molecule has 2 aliphatic rings. The third-order valence-corrected chi connectivity index (χ3v) is 5.42. The first-order valence-corrected chi connectivity index (χ1v) is 9.09. The predicted molar refractivity (Wildman–Crippen MR) is 88.0 cm³/mol. The number of carbonyl (C=O) groups is 1. The summed E-state index contributed by atoms with van der Waals surface area (Å²) in [5.74, 6) is 1.26. The van der Waals surface area contributed by atoms with Crippen LogP contribution >= 0.6 is 11.3 Å². The minimum Gasteiger partial charge on any atom is -0.333 e. The van der Waals surface area contributed by atoms with Gasteiger partial charge in [-0.1, -0.05) is 6.07 Å². The molecule has 1 fully saturated rings. The summed E-state index contributed by atoms with van der Waals surface area (Å²) >= 11 is 1.72. The van der Waals surface area contributed by atoms with E-state index in [9.17, 15) is 4.79 Å². The highest BCUT2D eigenvalue weighted by molar-refractivity contribution is 7.09. The number of hydrogen-bond acceptors (Lipinski definition) is 5. The van der Waals surface area contributed by atoms with Crippen LogP contribution in [0, 0.1) is 0 Å². The standard InChI is InChI=1S/C16H21N5OS/c22-16(20(13-4-5-13)10-14-2-1-7-23-14)8-17-12-3-6-15-18-11-19-21(15)9-12/h1-2,7,11-13,17H,3-6,8-10H2/t12-/m1/s1. The van der Waals surface area contributed by atoms with Crippen molar-refractivity contribution in [3.8, 4) is 0 Å². The molecule has 3 heterocycles. The average molecular weight is 331 g/mol. The van der Waals surface area contributed by atoms with Gasteiger partial charge in [0.1, 0.15) is 12.2 Å². The van der Waals surface area contributed by atoms with Crippen LogP contribution in [0.15, 0.2) is 23.8 Å². The molecular formula is C16H21N5OS. The normalized spacial score (nSPS) is 20.3. The van der Waals surface area contributed by atoms with Crippen LogP contribution in [0.3, 0.4) is 0 Å². The van der Waals surface area contributed by atoms with E-state index in [2.05, 4.69) is 26.8 Å². The first-order chi connectivity index (χ1) is 11.3. The first-order valence-electron chi connectivity index (χ1n) is 8.21. The Morgan fingerprint density at radius 2 is 2.35 bits per heavy atom. The Kier molecular flexibility index (Phi) is 4.13. The molecule has 1 aliphatic carbocycles. The number of aryl methyl sites for hydroxylation is 1. The topological polar surface area (TPSA) is 63.1 Å². The molecule has 2 aromatic heterocycles. The van der Waals surface area contributed by atoms with E-state index in [1.807, 2.05) is 15.6 Å². The Balaban J connectivity index is 1.32. The van der Waals surface area contributed by atoms with Gasteiger partial charge in [-0.3, -0.25) is 4.79 Å². The molecular weight excluding hydrogens is 310 g/mol. The lowest BCUT2D eigenvalue weighted by atomic mass is 10.1. The number of carbonyl (C=O) groups excluding carboxylic acids is 1. The molecule has 2 aromatic rings. The summed E-state index contributed by atoms with van der Waals surface area (Å²) in [4.78, 5) is 20.2. The maximum atomic E-state index is 12.6. The Hall–Kier alpha value is -1.73. The lowest BCUT2D eigenvalue weighted by Gasteiger charge is -2.26. The molecule has 0 spiro atoms. The summed E-state index contributed by atoms with van der Waals surface area (Å²) in [6, 6.07) is 4.90. The Labute approximate surface area is 139 Å². The molecule has 0 bridgehead atoms. The van der Waals surface area contributed by atoms with Gasteiger partial charge in [0.25, 0.3) is 0 Å². The summed E-state index contributed by atoms with van der Waals surface area (Å²) in [6.45, 7) is 1.97. The van der Waals surface area contributed by atoms with Gasteiger partial charge in [-0.05, 0) is 30.7 Å². The van der Waals surface area contributed by atoms with Crippen molar-refractivity contribution in [2.24, 2.45) is 0 Å². The van der Waals surface area contributed by atoms with Gasteiger partial charge in [0.05, 0.1) is 19.6 Å². The van der Waals surface area contributed by atoms with Crippen molar-refractivity contribution in [1.29, 1.82) is 0 Å². The first kappa shape index (κ1) is 14.8. The Morgan fingerprint density at radius 3 is 3.13 bits per heavy atom. The summed E-state index contributed by atoms with van der Waals surface area (Å²) in [7, 11) is 0. The molecule has 23 heavy (non-hydrogen) atoms. The number of amides is 1. The molecule has 122 valence electrons. The monoisotopic (exact) mass is 331 g/mol. The predicted octanol–water partition coefficient (Wildman–Crippen LogP) is 1.44. The molecule has 0 saturated heterocycles. The fourth-order valence-electron chi connectivity index (χ4n) is 3.11. The lowest BCUT2D eigenvalue weighted by Crippen LogP contribution is -2.45. The second-order valence-electron chi connectivity index (χ2n) is 6.31. The largest absolute Gasteiger partial charge is 0.333 e. The van der Waals surface area contributed by atoms with Gasteiger partial charge in [0.15, 0.2) is 0 Å². The molecule has 1 amide bonds. The van der Waals surface area contributed by atoms with Crippen molar-refractivity contribution in [3.63, 3.8) is 0 Å². The van der Waals surface area contributed by atoms with Gasteiger partial charge in [0.2, 0.25) is 5.91 Å². The molecule has 0 aromatic carbocycles. The minimum absolute atomic E-state index is 0.213. The second kappa shape index (κ2) is 6.41. The van der Waals surface area contributed by atoms with Crippen LogP contribution < -0.4 is 5.32 Å². The number of nitrogens with one attached hydrogen (secondary N) is 1. The molecule has 6 nitrogen and oxygen atoms in total. The molecule has 0 radical (unpaired) electrons. The van der Waals surface area contributed by atoms with Crippen LogP contribution in [0.5, 0.6) is 0 Å². The van der Waals surface area contributed by atoms with E-state index in [4.69, 9.17) is 0 Å². The SMILES string of the molecule is O=C(CN[C@@H]1CCc2ncnn2C1)N(Cc1cccs1)C1CC1. The molecule has 0 unspecified atom stereocenters. The van der Waals surface area contributed by atoms with Crippen LogP contribution in [0.4, 0.5) is 0 Å². The maximum Gasteiger partial charge on any atom is 0.237 e. The van der Waals surface area contributed by atoms with Crippen LogP contribution in [0.2, 0.25) is 0 Å². The van der Waals surface area contributed by atoms with Crippen LogP contribution in [-0.4, -0.2) is 44.2 Å². The number of nitrogens with zero attached hydrogens (tertiary/aromatic N) is 4. The van der Waals surface area contributed by atoms with E-state index in [1.165, 1.54) is 4.88 Å². The average Bonchev–Trinajstić information content (AvgIpc) is 3.08. The second-order valence-corrected chi connectivity index (χ2v) is 7.34. The zero-order chi connectivity index (χ0) is 15.6. The van der Waals surface area contributed by atoms with E-state index >= 15 is 0 Å². The highest BCUT2D eigenvalue weighted by atomic mass is 32.1. The van der Waals surface area contributed by atoms with Crippen LogP contribution in [0.1, 0.15) is 30.0 Å². The van der Waals surface area contributed by atoms with Gasteiger partial charge in [-0.25, -0.2) is 9.67 Å². The molecule has 1 aliphatic heterocycles. The van der Waals surface area contributed by atoms with Crippen molar-refractivity contribution in [2.45, 2.75) is 50.9 Å². The number of aromatic nitrogens is 3. The van der Waals surface area contributed by atoms with Crippen LogP contribution in [-0.2, 0) is 24.3 Å². The Bertz CT molecular complexity index is 664. The summed E-state index contributed by atoms with van der Waals surface area (Å²) in [5.41, 5.74) is 0. The van der Waals surface area contributed by atoms with Crippen molar-refractivity contribution < 1.29 is 4.79 Å². The molecule has 1 N–H and O–H groups in total. The van der Waals surface area contributed by atoms with E-state index in [0.717, 1.165) is 44.6 Å². The van der Waals surface area contributed by atoms with E-state index < -0.39 is 0 Å². The number of fused-ring (bicyclic) bond motifs is 1. The van der Waals surface area contributed by atoms with Gasteiger partial charge >= 0.3 is 0 Å². The quantitative estimate of drug-likeness (QED) is 0.870. The highest BCUT2D eigenvalue weighted by Crippen LogP contribution is 2.29. The van der Waals surface area contributed by atoms with Crippen LogP contribution in [0.25, 0.3) is 0 Å². The number of thiophene rings is 1. The zero-order valence-corrected chi connectivity index (χ0v) is 13.8. The van der Waals surface area contributed by atoms with E-state index in [1.54, 1.807) is 17.7 Å². The summed E-state index contributed by atoms with van der Waals surface area (Å²) in [6.07, 6.45) is 5.83. The fraction of sp³-hybridized carbons (Fsp3) is 0.562. The number of rotatable bonds is 6. The summed E-state index contributed by atoms with van der Waals surface area (Å²) < 4.78 is 1.94. The van der Waals surface area contributed by atoms with Gasteiger partial charge in [-0.2, -0.15) is 5.10 Å². The van der Waals surface area contributed by atoms with Gasteiger partial charge in [-0.15, -0.1) is 11.3 Å². The van der Waals surface area contributed by atoms with Crippen molar-refractivity contribution in [2.75, 3.05) is 6.54 Å². The fourth-order valence-corrected chi connectivity index (χ4v) is 3.82. The Morgan fingerprint density at radius 1 is 1.43 bits per heavy atom. The maximum absolute atomic E-state index is 12.6. The minimum atomic E-state index is 0.213. The summed E-state index contributed by atoms with van der Waals surface area (Å²) in [5, 5.41) is 9.72. The third kappa shape index (κ3) is 3.45. The smallest absolute Gasteiger partial charge is 0.237 e. The zero-order valence-electron chi connectivity index (χ0n) is 13.0. The van der Waals surface area contributed by atoms with Gasteiger partial charge < -0.3 is 10.2 Å². The molecule has 1 saturated carbocycles. The molecule has 1 atom stereocenters. The van der Waals surface area contributed by atoms with Gasteiger partial charge in [0, 0.05) is 23.4 Å². The molecule has 7 heteroatoms. The van der Waals surface area contributed by atoms with E-state index in [-0.39, 0.29) is 5.91 Å². The number of hydrogen-bond donors (Lipinski definition) is 1. The lowest BCUT2D eigenvalue weighted by molar-refractivity contribution is -0.131.